The molecule has 0 amide bonds. The fourth-order valence-electron chi connectivity index (χ4n) is 2.21. The van der Waals surface area contributed by atoms with Crippen molar-refractivity contribution in [1.82, 2.24) is 9.97 Å². The number of aromatic nitrogens is 2. The Balaban J connectivity index is 2.13. The molecule has 0 saturated carbocycles. The smallest absolute Gasteiger partial charge is 0.134 e. The summed E-state index contributed by atoms with van der Waals surface area (Å²) in [5.41, 5.74) is -0.610. The molecule has 2 heterocycles. The summed E-state index contributed by atoms with van der Waals surface area (Å²) in [6.07, 6.45) is 3.42. The SMILES string of the molecule is CCNc1cc(N2CCCC(C)(O)C2)ncn1. The molecule has 17 heavy (non-hydrogen) atoms. The molecule has 0 aliphatic carbocycles. The highest BCUT2D eigenvalue weighted by Gasteiger charge is 2.29. The molecule has 0 radical (unpaired) electrons. The van der Waals surface area contributed by atoms with E-state index in [0.29, 0.717) is 6.54 Å². The molecule has 0 spiro atoms. The summed E-state index contributed by atoms with van der Waals surface area (Å²) in [5, 5.41) is 13.2. The van der Waals surface area contributed by atoms with E-state index < -0.39 is 5.60 Å². The number of nitrogens with one attached hydrogen (secondary N) is 1. The number of hydrogen-bond acceptors (Lipinski definition) is 5. The van der Waals surface area contributed by atoms with Gasteiger partial charge in [0.15, 0.2) is 0 Å². The summed E-state index contributed by atoms with van der Waals surface area (Å²) in [5.74, 6) is 1.72. The van der Waals surface area contributed by atoms with Crippen LogP contribution in [0.25, 0.3) is 0 Å². The highest BCUT2D eigenvalue weighted by molar-refractivity contribution is 5.48. The second-order valence-corrected chi connectivity index (χ2v) is 4.81. The van der Waals surface area contributed by atoms with Crippen LogP contribution in [0.2, 0.25) is 0 Å². The Morgan fingerprint density at radius 1 is 1.53 bits per heavy atom. The first-order chi connectivity index (χ1) is 8.11. The number of β-amino-alcohol motifs (C(OH)–C–C–N with tert-alkyl or cyclic N) is 1. The first-order valence-corrected chi connectivity index (χ1v) is 6.14. The lowest BCUT2D eigenvalue weighted by atomic mass is 9.95. The van der Waals surface area contributed by atoms with E-state index in [2.05, 4.69) is 20.2 Å². The maximum absolute atomic E-state index is 10.1. The van der Waals surface area contributed by atoms with Crippen LogP contribution in [0, 0.1) is 0 Å². The fourth-order valence-corrected chi connectivity index (χ4v) is 2.21. The number of hydrogen-bond donors (Lipinski definition) is 2. The standard InChI is InChI=1S/C12H20N4O/c1-3-13-10-7-11(15-9-14-10)16-6-4-5-12(2,17)8-16/h7,9,17H,3-6,8H2,1-2H3,(H,13,14,15). The molecule has 1 aromatic rings. The molecular weight excluding hydrogens is 216 g/mol. The Morgan fingerprint density at radius 2 is 2.35 bits per heavy atom. The number of aliphatic hydroxyl groups is 1. The summed E-state index contributed by atoms with van der Waals surface area (Å²) in [4.78, 5) is 10.5. The highest BCUT2D eigenvalue weighted by Crippen LogP contribution is 2.24. The molecule has 1 aliphatic rings. The topological polar surface area (TPSA) is 61.3 Å². The molecule has 0 aromatic carbocycles. The molecule has 1 atom stereocenters. The summed E-state index contributed by atoms with van der Waals surface area (Å²) in [7, 11) is 0. The van der Waals surface area contributed by atoms with Gasteiger partial charge in [-0.3, -0.25) is 0 Å². The number of nitrogens with zero attached hydrogens (tertiary/aromatic N) is 3. The third-order valence-corrected chi connectivity index (χ3v) is 3.01. The van der Waals surface area contributed by atoms with Crippen LogP contribution in [-0.2, 0) is 0 Å². The van der Waals surface area contributed by atoms with Crippen LogP contribution < -0.4 is 10.2 Å². The summed E-state index contributed by atoms with van der Waals surface area (Å²) in [6, 6.07) is 1.94. The lowest BCUT2D eigenvalue weighted by Gasteiger charge is -2.37. The normalized spacial score (nSPS) is 24.8. The van der Waals surface area contributed by atoms with Gasteiger partial charge in [-0.25, -0.2) is 9.97 Å². The Bertz CT molecular complexity index is 381. The van der Waals surface area contributed by atoms with Crippen LogP contribution in [0.5, 0.6) is 0 Å². The van der Waals surface area contributed by atoms with Crippen LogP contribution in [0.1, 0.15) is 26.7 Å². The van der Waals surface area contributed by atoms with Crippen molar-refractivity contribution in [1.29, 1.82) is 0 Å². The Hall–Kier alpha value is -1.36. The van der Waals surface area contributed by atoms with E-state index in [1.807, 2.05) is 19.9 Å². The Labute approximate surface area is 102 Å². The van der Waals surface area contributed by atoms with Crippen molar-refractivity contribution in [2.24, 2.45) is 0 Å². The van der Waals surface area contributed by atoms with Crippen LogP contribution in [-0.4, -0.2) is 40.3 Å². The van der Waals surface area contributed by atoms with Gasteiger partial charge in [-0.15, -0.1) is 0 Å². The summed E-state index contributed by atoms with van der Waals surface area (Å²) < 4.78 is 0. The first kappa shape index (κ1) is 12.1. The van der Waals surface area contributed by atoms with Crippen LogP contribution in [0.4, 0.5) is 11.6 Å². The van der Waals surface area contributed by atoms with Crippen molar-refractivity contribution in [2.45, 2.75) is 32.3 Å². The monoisotopic (exact) mass is 236 g/mol. The van der Waals surface area contributed by atoms with Gasteiger partial charge in [0.05, 0.1) is 5.60 Å². The molecule has 1 unspecified atom stereocenters. The molecule has 1 aliphatic heterocycles. The largest absolute Gasteiger partial charge is 0.388 e. The maximum Gasteiger partial charge on any atom is 0.134 e. The minimum absolute atomic E-state index is 0.610. The van der Waals surface area contributed by atoms with Crippen LogP contribution >= 0.6 is 0 Å². The van der Waals surface area contributed by atoms with Crippen LogP contribution in [0.15, 0.2) is 12.4 Å². The van der Waals surface area contributed by atoms with Gasteiger partial charge in [0.25, 0.3) is 0 Å². The van der Waals surface area contributed by atoms with Gasteiger partial charge in [0.1, 0.15) is 18.0 Å². The van der Waals surface area contributed by atoms with E-state index in [4.69, 9.17) is 0 Å². The average molecular weight is 236 g/mol. The van der Waals surface area contributed by atoms with Crippen molar-refractivity contribution < 1.29 is 5.11 Å². The zero-order valence-electron chi connectivity index (χ0n) is 10.5. The highest BCUT2D eigenvalue weighted by atomic mass is 16.3. The van der Waals surface area contributed by atoms with Gasteiger partial charge < -0.3 is 15.3 Å². The second kappa shape index (κ2) is 4.87. The first-order valence-electron chi connectivity index (χ1n) is 6.14. The van der Waals surface area contributed by atoms with E-state index in [-0.39, 0.29) is 0 Å². The zero-order chi connectivity index (χ0) is 12.3. The van der Waals surface area contributed by atoms with Gasteiger partial charge in [-0.2, -0.15) is 0 Å². The van der Waals surface area contributed by atoms with Crippen molar-refractivity contribution in [3.05, 3.63) is 12.4 Å². The lowest BCUT2D eigenvalue weighted by molar-refractivity contribution is 0.0447. The number of rotatable bonds is 3. The zero-order valence-corrected chi connectivity index (χ0v) is 10.5. The van der Waals surface area contributed by atoms with Crippen molar-refractivity contribution in [2.75, 3.05) is 29.9 Å². The van der Waals surface area contributed by atoms with Crippen LogP contribution in [0.3, 0.4) is 0 Å². The molecule has 2 rings (SSSR count). The van der Waals surface area contributed by atoms with Crippen molar-refractivity contribution >= 4 is 11.6 Å². The summed E-state index contributed by atoms with van der Waals surface area (Å²) >= 11 is 0. The predicted octanol–water partition coefficient (Wildman–Crippen LogP) is 1.26. The lowest BCUT2D eigenvalue weighted by Crippen LogP contribution is -2.46. The number of anilines is 2. The molecule has 5 nitrogen and oxygen atoms in total. The molecular formula is C12H20N4O. The van der Waals surface area contributed by atoms with Gasteiger partial charge in [-0.05, 0) is 26.7 Å². The minimum Gasteiger partial charge on any atom is -0.388 e. The molecule has 1 saturated heterocycles. The minimum atomic E-state index is -0.610. The summed E-state index contributed by atoms with van der Waals surface area (Å²) in [6.45, 7) is 6.33. The molecule has 5 heteroatoms. The predicted molar refractivity (Wildman–Crippen MR) is 68.3 cm³/mol. The molecule has 1 aromatic heterocycles. The molecule has 0 bridgehead atoms. The Morgan fingerprint density at radius 3 is 3.06 bits per heavy atom. The van der Waals surface area contributed by atoms with E-state index in [1.54, 1.807) is 6.33 Å². The maximum atomic E-state index is 10.1. The van der Waals surface area contributed by atoms with Crippen molar-refractivity contribution in [3.63, 3.8) is 0 Å². The van der Waals surface area contributed by atoms with E-state index >= 15 is 0 Å². The van der Waals surface area contributed by atoms with Crippen molar-refractivity contribution in [3.8, 4) is 0 Å². The van der Waals surface area contributed by atoms with Gasteiger partial charge >= 0.3 is 0 Å². The fraction of sp³-hybridized carbons (Fsp3) is 0.667. The third-order valence-electron chi connectivity index (χ3n) is 3.01. The second-order valence-electron chi connectivity index (χ2n) is 4.81. The third kappa shape index (κ3) is 3.06. The molecule has 2 N–H and O–H groups in total. The molecule has 94 valence electrons. The molecule has 1 fully saturated rings. The van der Waals surface area contributed by atoms with Gasteiger partial charge in [0, 0.05) is 25.7 Å². The van der Waals surface area contributed by atoms with E-state index in [9.17, 15) is 5.11 Å². The van der Waals surface area contributed by atoms with E-state index in [0.717, 1.165) is 37.6 Å². The quantitative estimate of drug-likeness (QED) is 0.827. The van der Waals surface area contributed by atoms with Gasteiger partial charge in [-0.1, -0.05) is 0 Å². The Kier molecular flexibility index (Phi) is 3.47. The van der Waals surface area contributed by atoms with E-state index in [1.165, 1.54) is 0 Å². The average Bonchev–Trinajstić information content (AvgIpc) is 2.28. The van der Waals surface area contributed by atoms with Gasteiger partial charge in [0.2, 0.25) is 0 Å². The number of piperidine rings is 1.